The molecule has 0 unspecified atom stereocenters. The number of rotatable bonds is 7. The number of ether oxygens (including phenoxy) is 1. The molecular weight excluding hydrogens is 425 g/mol. The van der Waals surface area contributed by atoms with Crippen molar-refractivity contribution in [2.45, 2.75) is 57.5 Å². The lowest BCUT2D eigenvalue weighted by molar-refractivity contribution is -0.187. The molecule has 3 rings (SSSR count). The summed E-state index contributed by atoms with van der Waals surface area (Å²) in [7, 11) is 0. The van der Waals surface area contributed by atoms with Gasteiger partial charge in [0, 0.05) is 12.1 Å². The zero-order valence-corrected chi connectivity index (χ0v) is 17.7. The Kier molecular flexibility index (Phi) is 7.55. The number of hydrogen-bond acceptors (Lipinski definition) is 2. The first kappa shape index (κ1) is 23.8. The van der Waals surface area contributed by atoms with Crippen molar-refractivity contribution in [3.63, 3.8) is 0 Å². The minimum absolute atomic E-state index is 0.104. The molecule has 0 amide bonds. The van der Waals surface area contributed by atoms with Gasteiger partial charge in [0.1, 0.15) is 34.8 Å². The van der Waals surface area contributed by atoms with E-state index < -0.39 is 40.4 Å². The van der Waals surface area contributed by atoms with E-state index in [0.29, 0.717) is 23.6 Å². The maximum absolute atomic E-state index is 14.6. The van der Waals surface area contributed by atoms with Gasteiger partial charge in [0.15, 0.2) is 0 Å². The summed E-state index contributed by atoms with van der Waals surface area (Å²) in [6.45, 7) is 1.99. The molecule has 7 heteroatoms. The SMILES string of the molecule is C/C=C/CCC1CCC(c2ccc(C(F)(F)Oc3cc(F)c(C#N)c(F)c3)c(F)c2)CC1. The average Bonchev–Trinajstić information content (AvgIpc) is 2.73. The maximum atomic E-state index is 14.6. The van der Waals surface area contributed by atoms with Crippen LogP contribution in [0.15, 0.2) is 42.5 Å². The largest absolute Gasteiger partial charge is 0.429 e. The summed E-state index contributed by atoms with van der Waals surface area (Å²) in [5, 5.41) is 8.66. The molecule has 32 heavy (non-hydrogen) atoms. The average molecular weight is 449 g/mol. The van der Waals surface area contributed by atoms with Gasteiger partial charge in [-0.3, -0.25) is 0 Å². The summed E-state index contributed by atoms with van der Waals surface area (Å²) in [5.41, 5.74) is -1.27. The molecule has 1 fully saturated rings. The van der Waals surface area contributed by atoms with Gasteiger partial charge in [-0.05, 0) is 75.0 Å². The lowest BCUT2D eigenvalue weighted by Gasteiger charge is -2.29. The van der Waals surface area contributed by atoms with Crippen LogP contribution in [0.3, 0.4) is 0 Å². The Morgan fingerprint density at radius 2 is 1.69 bits per heavy atom. The van der Waals surface area contributed by atoms with Crippen molar-refractivity contribution in [3.05, 3.63) is 76.6 Å². The van der Waals surface area contributed by atoms with Crippen molar-refractivity contribution in [2.75, 3.05) is 0 Å². The molecule has 2 aromatic rings. The van der Waals surface area contributed by atoms with Crippen LogP contribution in [-0.4, -0.2) is 0 Å². The first-order valence-electron chi connectivity index (χ1n) is 10.6. The van der Waals surface area contributed by atoms with E-state index in [0.717, 1.165) is 50.7 Å². The standard InChI is InChI=1S/C25H24F5NO/c1-2-3-4-5-16-6-8-17(9-7-16)18-10-11-21(24(28)12-18)25(29,30)32-19-13-22(26)20(15-31)23(27)14-19/h2-3,10-14,16-17H,4-9H2,1H3/b3-2+. The van der Waals surface area contributed by atoms with Gasteiger partial charge in [-0.15, -0.1) is 0 Å². The summed E-state index contributed by atoms with van der Waals surface area (Å²) in [6.07, 6.45) is 5.95. The highest BCUT2D eigenvalue weighted by Gasteiger charge is 2.38. The molecule has 170 valence electrons. The summed E-state index contributed by atoms with van der Waals surface area (Å²) in [5.74, 6) is -3.93. The lowest BCUT2D eigenvalue weighted by atomic mass is 9.77. The Morgan fingerprint density at radius 1 is 1.03 bits per heavy atom. The van der Waals surface area contributed by atoms with E-state index in [1.165, 1.54) is 12.1 Å². The maximum Gasteiger partial charge on any atom is 0.429 e. The first-order chi connectivity index (χ1) is 15.2. The molecule has 0 spiro atoms. The van der Waals surface area contributed by atoms with E-state index in [-0.39, 0.29) is 5.92 Å². The molecule has 0 saturated heterocycles. The van der Waals surface area contributed by atoms with Crippen LogP contribution in [0.25, 0.3) is 0 Å². The zero-order valence-electron chi connectivity index (χ0n) is 17.7. The Hall–Kier alpha value is -2.88. The van der Waals surface area contributed by atoms with E-state index in [1.807, 2.05) is 13.0 Å². The van der Waals surface area contributed by atoms with Crippen LogP contribution < -0.4 is 4.74 Å². The Labute approximate surface area is 184 Å². The minimum Gasteiger partial charge on any atom is -0.429 e. The summed E-state index contributed by atoms with van der Waals surface area (Å²) >= 11 is 0. The predicted octanol–water partition coefficient (Wildman–Crippen LogP) is 7.73. The number of halogens is 5. The molecule has 1 aliphatic carbocycles. The normalized spacial score (nSPS) is 19.2. The second kappa shape index (κ2) is 10.2. The number of allylic oxidation sites excluding steroid dienone is 2. The van der Waals surface area contributed by atoms with Crippen LogP contribution >= 0.6 is 0 Å². The molecule has 2 aromatic carbocycles. The fourth-order valence-corrected chi connectivity index (χ4v) is 4.22. The fourth-order valence-electron chi connectivity index (χ4n) is 4.22. The number of alkyl halides is 2. The summed E-state index contributed by atoms with van der Waals surface area (Å²) in [4.78, 5) is 0. The third-order valence-electron chi connectivity index (χ3n) is 5.98. The second-order valence-corrected chi connectivity index (χ2v) is 8.10. The highest BCUT2D eigenvalue weighted by Crippen LogP contribution is 2.40. The van der Waals surface area contributed by atoms with Gasteiger partial charge in [-0.2, -0.15) is 14.0 Å². The van der Waals surface area contributed by atoms with Gasteiger partial charge in [0.05, 0.1) is 5.56 Å². The molecule has 1 saturated carbocycles. The lowest BCUT2D eigenvalue weighted by Crippen LogP contribution is -2.24. The van der Waals surface area contributed by atoms with Crippen molar-refractivity contribution < 1.29 is 26.7 Å². The molecule has 2 nitrogen and oxygen atoms in total. The van der Waals surface area contributed by atoms with Crippen molar-refractivity contribution >= 4 is 0 Å². The van der Waals surface area contributed by atoms with Crippen LogP contribution in [0.2, 0.25) is 0 Å². The molecule has 0 bridgehead atoms. The van der Waals surface area contributed by atoms with E-state index in [4.69, 9.17) is 5.26 Å². The van der Waals surface area contributed by atoms with E-state index in [1.54, 1.807) is 0 Å². The monoisotopic (exact) mass is 449 g/mol. The second-order valence-electron chi connectivity index (χ2n) is 8.10. The Balaban J connectivity index is 1.70. The number of benzene rings is 2. The summed E-state index contributed by atoms with van der Waals surface area (Å²) in [6, 6.07) is 5.74. The van der Waals surface area contributed by atoms with Crippen LogP contribution in [0.1, 0.15) is 68.1 Å². The quantitative estimate of drug-likeness (QED) is 0.320. The molecule has 0 heterocycles. The van der Waals surface area contributed by atoms with Gasteiger partial charge in [0.2, 0.25) is 0 Å². The first-order valence-corrected chi connectivity index (χ1v) is 10.6. The molecule has 0 aromatic heterocycles. The van der Waals surface area contributed by atoms with Gasteiger partial charge >= 0.3 is 6.11 Å². The van der Waals surface area contributed by atoms with Crippen LogP contribution in [0.4, 0.5) is 22.0 Å². The molecule has 0 aliphatic heterocycles. The van der Waals surface area contributed by atoms with Crippen molar-refractivity contribution in [1.82, 2.24) is 0 Å². The van der Waals surface area contributed by atoms with Crippen LogP contribution in [-0.2, 0) is 6.11 Å². The smallest absolute Gasteiger partial charge is 0.429 e. The van der Waals surface area contributed by atoms with Gasteiger partial charge in [-0.25, -0.2) is 13.2 Å². The van der Waals surface area contributed by atoms with Crippen molar-refractivity contribution in [2.24, 2.45) is 5.92 Å². The third-order valence-corrected chi connectivity index (χ3v) is 5.98. The topological polar surface area (TPSA) is 33.0 Å². The van der Waals surface area contributed by atoms with E-state index in [9.17, 15) is 22.0 Å². The number of nitriles is 1. The highest BCUT2D eigenvalue weighted by molar-refractivity contribution is 5.38. The van der Waals surface area contributed by atoms with Crippen LogP contribution in [0, 0.1) is 34.7 Å². The minimum atomic E-state index is -4.15. The van der Waals surface area contributed by atoms with Gasteiger partial charge in [0.25, 0.3) is 0 Å². The number of nitrogens with zero attached hydrogens (tertiary/aromatic N) is 1. The molecule has 0 radical (unpaired) electrons. The van der Waals surface area contributed by atoms with Crippen molar-refractivity contribution in [1.29, 1.82) is 5.26 Å². The van der Waals surface area contributed by atoms with E-state index in [2.05, 4.69) is 10.8 Å². The number of hydrogen-bond donors (Lipinski definition) is 0. The Bertz CT molecular complexity index is 996. The predicted molar refractivity (Wildman–Crippen MR) is 111 cm³/mol. The highest BCUT2D eigenvalue weighted by atomic mass is 19.3. The van der Waals surface area contributed by atoms with Gasteiger partial charge < -0.3 is 4.74 Å². The third kappa shape index (κ3) is 5.48. The van der Waals surface area contributed by atoms with E-state index >= 15 is 0 Å². The molecule has 0 atom stereocenters. The van der Waals surface area contributed by atoms with Crippen LogP contribution in [0.5, 0.6) is 5.75 Å². The molecular formula is C25H24F5NO. The Morgan fingerprint density at radius 3 is 2.25 bits per heavy atom. The summed E-state index contributed by atoms with van der Waals surface area (Å²) < 4.78 is 75.5. The molecule has 1 aliphatic rings. The fraction of sp³-hybridized carbons (Fsp3) is 0.400. The van der Waals surface area contributed by atoms with Crippen molar-refractivity contribution in [3.8, 4) is 11.8 Å². The molecule has 0 N–H and O–H groups in total. The van der Waals surface area contributed by atoms with Gasteiger partial charge in [-0.1, -0.05) is 18.2 Å². The zero-order chi connectivity index (χ0) is 23.3.